The lowest BCUT2D eigenvalue weighted by Gasteiger charge is -2.21. The molecule has 0 aromatic rings. The molecule has 0 spiro atoms. The second-order valence-electron chi connectivity index (χ2n) is 3.76. The Hall–Kier alpha value is -0.520. The Bertz CT molecular complexity index is 153. The second kappa shape index (κ2) is 3.05. The first-order chi connectivity index (χ1) is 4.39. The van der Waals surface area contributed by atoms with E-state index in [4.69, 9.17) is 0 Å². The summed E-state index contributed by atoms with van der Waals surface area (Å²) in [5, 5.41) is 0. The third-order valence-corrected chi connectivity index (χ3v) is 2.02. The molecule has 0 nitrogen and oxygen atoms in total. The van der Waals surface area contributed by atoms with Gasteiger partial charge in [-0.2, -0.15) is 0 Å². The fourth-order valence-corrected chi connectivity index (χ4v) is 0.745. The molecule has 0 fully saturated rings. The Morgan fingerprint density at radius 3 is 1.70 bits per heavy atom. The lowest BCUT2D eigenvalue weighted by molar-refractivity contribution is 0.500. The third-order valence-electron chi connectivity index (χ3n) is 2.02. The van der Waals surface area contributed by atoms with Crippen LogP contribution >= 0.6 is 0 Å². The van der Waals surface area contributed by atoms with E-state index in [-0.39, 0.29) is 5.41 Å². The molecular formula is C10H18. The molecule has 0 saturated carbocycles. The first-order valence-electron chi connectivity index (χ1n) is 3.70. The first kappa shape index (κ1) is 9.48. The predicted molar refractivity (Wildman–Crippen MR) is 48.0 cm³/mol. The van der Waals surface area contributed by atoms with Crippen LogP contribution in [0.3, 0.4) is 0 Å². The first-order valence-corrected chi connectivity index (χ1v) is 3.70. The van der Waals surface area contributed by atoms with E-state index in [9.17, 15) is 0 Å². The summed E-state index contributed by atoms with van der Waals surface area (Å²) in [5.41, 5.74) is 3.01. The molecule has 0 aliphatic rings. The lowest BCUT2D eigenvalue weighted by Crippen LogP contribution is -2.07. The van der Waals surface area contributed by atoms with Crippen LogP contribution in [0, 0.1) is 5.41 Å². The molecule has 0 N–H and O–H groups in total. The Kier molecular flexibility index (Phi) is 2.89. The average Bonchev–Trinajstić information content (AvgIpc) is 1.83. The molecule has 10 heavy (non-hydrogen) atoms. The molecule has 58 valence electrons. The molecule has 0 aliphatic carbocycles. The van der Waals surface area contributed by atoms with E-state index in [1.807, 2.05) is 6.08 Å². The van der Waals surface area contributed by atoms with Crippen LogP contribution in [-0.4, -0.2) is 0 Å². The van der Waals surface area contributed by atoms with Crippen molar-refractivity contribution >= 4 is 0 Å². The monoisotopic (exact) mass is 138 g/mol. The quantitative estimate of drug-likeness (QED) is 0.486. The second-order valence-corrected chi connectivity index (χ2v) is 3.76. The summed E-state index contributed by atoms with van der Waals surface area (Å²) in [5.74, 6) is 0. The number of allylic oxidation sites excluding steroid dienone is 3. The smallest absolute Gasteiger partial charge is 0.0170 e. The molecule has 0 heterocycles. The van der Waals surface area contributed by atoms with Crippen LogP contribution in [0.25, 0.3) is 0 Å². The summed E-state index contributed by atoms with van der Waals surface area (Å²) >= 11 is 0. The van der Waals surface area contributed by atoms with Crippen LogP contribution in [0.15, 0.2) is 23.8 Å². The summed E-state index contributed by atoms with van der Waals surface area (Å²) in [7, 11) is 0. The van der Waals surface area contributed by atoms with Gasteiger partial charge in [0.25, 0.3) is 0 Å². The molecule has 0 atom stereocenters. The van der Waals surface area contributed by atoms with E-state index in [1.165, 1.54) is 11.1 Å². The van der Waals surface area contributed by atoms with Gasteiger partial charge >= 0.3 is 0 Å². The fourth-order valence-electron chi connectivity index (χ4n) is 0.745. The predicted octanol–water partition coefficient (Wildman–Crippen LogP) is 3.55. The van der Waals surface area contributed by atoms with Gasteiger partial charge in [-0.15, -0.1) is 0 Å². The minimum absolute atomic E-state index is 0.290. The molecule has 0 aromatic carbocycles. The highest BCUT2D eigenvalue weighted by molar-refractivity contribution is 5.24. The van der Waals surface area contributed by atoms with Crippen molar-refractivity contribution in [1.29, 1.82) is 0 Å². The van der Waals surface area contributed by atoms with E-state index >= 15 is 0 Å². The maximum absolute atomic E-state index is 3.74. The minimum Gasteiger partial charge on any atom is -0.0988 e. The van der Waals surface area contributed by atoms with E-state index in [0.717, 1.165) is 0 Å². The Balaban J connectivity index is 4.63. The molecule has 0 unspecified atom stereocenters. The van der Waals surface area contributed by atoms with Crippen LogP contribution in [0.4, 0.5) is 0 Å². The van der Waals surface area contributed by atoms with Gasteiger partial charge in [-0.1, -0.05) is 44.6 Å². The van der Waals surface area contributed by atoms with Crippen molar-refractivity contribution in [3.63, 3.8) is 0 Å². The van der Waals surface area contributed by atoms with E-state index in [1.54, 1.807) is 0 Å². The summed E-state index contributed by atoms with van der Waals surface area (Å²) in [4.78, 5) is 0. The summed E-state index contributed by atoms with van der Waals surface area (Å²) in [6, 6.07) is 0. The Labute approximate surface area is 64.6 Å². The molecule has 0 rings (SSSR count). The van der Waals surface area contributed by atoms with Crippen LogP contribution in [0.2, 0.25) is 0 Å². The van der Waals surface area contributed by atoms with Crippen LogP contribution in [0.1, 0.15) is 34.6 Å². The largest absolute Gasteiger partial charge is 0.0988 e. The van der Waals surface area contributed by atoms with E-state index < -0.39 is 0 Å². The summed E-state index contributed by atoms with van der Waals surface area (Å²) in [6.45, 7) is 14.7. The van der Waals surface area contributed by atoms with Crippen molar-refractivity contribution in [2.75, 3.05) is 0 Å². The van der Waals surface area contributed by atoms with Crippen molar-refractivity contribution in [2.24, 2.45) is 5.41 Å². The van der Waals surface area contributed by atoms with Gasteiger partial charge in [-0.05, 0) is 19.3 Å². The van der Waals surface area contributed by atoms with Crippen molar-refractivity contribution in [2.45, 2.75) is 34.6 Å². The molecule has 0 saturated heterocycles. The van der Waals surface area contributed by atoms with Crippen LogP contribution in [-0.2, 0) is 0 Å². The normalized spacial score (nSPS) is 14.5. The van der Waals surface area contributed by atoms with Gasteiger partial charge in [0.1, 0.15) is 0 Å². The van der Waals surface area contributed by atoms with E-state index in [0.29, 0.717) is 0 Å². The molecule has 0 heteroatoms. The maximum atomic E-state index is 3.74. The van der Waals surface area contributed by atoms with Gasteiger partial charge < -0.3 is 0 Å². The molecular weight excluding hydrogens is 120 g/mol. The molecule has 0 bridgehead atoms. The van der Waals surface area contributed by atoms with Gasteiger partial charge in [0.05, 0.1) is 0 Å². The SMILES string of the molecule is C=C/C(C)=C(/C)C(C)(C)C. The molecule has 0 aliphatic heterocycles. The standard InChI is InChI=1S/C10H18/c1-7-8(2)9(3)10(4,5)6/h7H,1H2,2-6H3/b9-8-. The van der Waals surface area contributed by atoms with Crippen LogP contribution in [0.5, 0.6) is 0 Å². The average molecular weight is 138 g/mol. The summed E-state index contributed by atoms with van der Waals surface area (Å²) in [6.07, 6.45) is 1.92. The van der Waals surface area contributed by atoms with Crippen molar-refractivity contribution < 1.29 is 0 Å². The maximum Gasteiger partial charge on any atom is -0.0170 e. The Morgan fingerprint density at radius 1 is 1.20 bits per heavy atom. The highest BCUT2D eigenvalue weighted by atomic mass is 14.2. The van der Waals surface area contributed by atoms with Crippen molar-refractivity contribution in [1.82, 2.24) is 0 Å². The zero-order chi connectivity index (χ0) is 8.36. The number of rotatable bonds is 1. The molecule has 0 amide bonds. The van der Waals surface area contributed by atoms with Gasteiger partial charge in [-0.3, -0.25) is 0 Å². The minimum atomic E-state index is 0.290. The highest BCUT2D eigenvalue weighted by Crippen LogP contribution is 2.27. The Morgan fingerprint density at radius 2 is 1.60 bits per heavy atom. The fraction of sp³-hybridized carbons (Fsp3) is 0.600. The lowest BCUT2D eigenvalue weighted by atomic mass is 9.85. The zero-order valence-corrected chi connectivity index (χ0v) is 7.78. The summed E-state index contributed by atoms with van der Waals surface area (Å²) < 4.78 is 0. The van der Waals surface area contributed by atoms with E-state index in [2.05, 4.69) is 41.2 Å². The topological polar surface area (TPSA) is 0 Å². The molecule has 0 radical (unpaired) electrons. The molecule has 0 aromatic heterocycles. The zero-order valence-electron chi connectivity index (χ0n) is 7.78. The van der Waals surface area contributed by atoms with Gasteiger partial charge in [0.15, 0.2) is 0 Å². The van der Waals surface area contributed by atoms with Gasteiger partial charge in [0.2, 0.25) is 0 Å². The number of hydrogen-bond donors (Lipinski definition) is 0. The highest BCUT2D eigenvalue weighted by Gasteiger charge is 2.13. The van der Waals surface area contributed by atoms with Crippen LogP contribution < -0.4 is 0 Å². The van der Waals surface area contributed by atoms with Gasteiger partial charge in [-0.25, -0.2) is 0 Å². The third kappa shape index (κ3) is 2.38. The number of hydrogen-bond acceptors (Lipinski definition) is 0. The van der Waals surface area contributed by atoms with Crippen molar-refractivity contribution in [3.05, 3.63) is 23.8 Å². The van der Waals surface area contributed by atoms with Crippen molar-refractivity contribution in [3.8, 4) is 0 Å². The van der Waals surface area contributed by atoms with Gasteiger partial charge in [0, 0.05) is 0 Å².